The van der Waals surface area contributed by atoms with Gasteiger partial charge in [0.05, 0.1) is 6.20 Å². The number of hydrogen-bond donors (Lipinski definition) is 1. The van der Waals surface area contributed by atoms with E-state index in [0.717, 1.165) is 19.4 Å². The van der Waals surface area contributed by atoms with Gasteiger partial charge < -0.3 is 5.32 Å². The number of nitrogens with zero attached hydrogens (tertiary/aromatic N) is 2. The molecule has 92 valence electrons. The van der Waals surface area contributed by atoms with E-state index in [9.17, 15) is 0 Å². The third kappa shape index (κ3) is 3.41. The minimum atomic E-state index is 0.373. The molecule has 0 saturated heterocycles. The second kappa shape index (κ2) is 5.98. The highest BCUT2D eigenvalue weighted by Crippen LogP contribution is 2.19. The fourth-order valence-corrected chi connectivity index (χ4v) is 2.57. The fourth-order valence-electron chi connectivity index (χ4n) is 1.89. The predicted molar refractivity (Wildman–Crippen MR) is 72.3 cm³/mol. The second-order valence-electron chi connectivity index (χ2n) is 4.29. The third-order valence-corrected chi connectivity index (χ3v) is 3.52. The van der Waals surface area contributed by atoms with Crippen molar-refractivity contribution in [3.63, 3.8) is 0 Å². The maximum atomic E-state index is 4.25. The van der Waals surface area contributed by atoms with Gasteiger partial charge in [0, 0.05) is 24.8 Å². The van der Waals surface area contributed by atoms with Gasteiger partial charge in [-0.05, 0) is 41.8 Å². The average molecular weight is 249 g/mol. The fraction of sp³-hybridized carbons (Fsp3) is 0.462. The van der Waals surface area contributed by atoms with Crippen molar-refractivity contribution in [1.82, 2.24) is 15.1 Å². The SMILES string of the molecule is CCCNC(Cc1ccsc1)c1cnn(C)c1. The van der Waals surface area contributed by atoms with Crippen LogP contribution in [0.25, 0.3) is 0 Å². The van der Waals surface area contributed by atoms with E-state index in [4.69, 9.17) is 0 Å². The lowest BCUT2D eigenvalue weighted by Crippen LogP contribution is -2.23. The lowest BCUT2D eigenvalue weighted by molar-refractivity contribution is 0.529. The van der Waals surface area contributed by atoms with Crippen molar-refractivity contribution in [1.29, 1.82) is 0 Å². The third-order valence-electron chi connectivity index (χ3n) is 2.79. The molecule has 0 bridgehead atoms. The summed E-state index contributed by atoms with van der Waals surface area (Å²) >= 11 is 1.76. The van der Waals surface area contributed by atoms with E-state index in [1.807, 2.05) is 17.9 Å². The molecule has 0 aliphatic carbocycles. The molecule has 17 heavy (non-hydrogen) atoms. The van der Waals surface area contributed by atoms with Gasteiger partial charge in [-0.1, -0.05) is 6.92 Å². The summed E-state index contributed by atoms with van der Waals surface area (Å²) in [4.78, 5) is 0. The van der Waals surface area contributed by atoms with E-state index < -0.39 is 0 Å². The standard InChI is InChI=1S/C13H19N3S/c1-3-5-14-13(7-11-4-6-17-10-11)12-8-15-16(2)9-12/h4,6,8-10,13-14H,3,5,7H2,1-2H3. The summed E-state index contributed by atoms with van der Waals surface area (Å²) in [5.74, 6) is 0. The molecule has 3 nitrogen and oxygen atoms in total. The van der Waals surface area contributed by atoms with Gasteiger partial charge in [-0.3, -0.25) is 4.68 Å². The van der Waals surface area contributed by atoms with Gasteiger partial charge in [0.2, 0.25) is 0 Å². The highest BCUT2D eigenvalue weighted by atomic mass is 32.1. The van der Waals surface area contributed by atoms with Crippen LogP contribution >= 0.6 is 11.3 Å². The molecule has 2 aromatic rings. The Balaban J connectivity index is 2.07. The van der Waals surface area contributed by atoms with Gasteiger partial charge in [-0.15, -0.1) is 0 Å². The molecule has 0 saturated carbocycles. The Morgan fingerprint density at radius 1 is 1.53 bits per heavy atom. The summed E-state index contributed by atoms with van der Waals surface area (Å²) in [5.41, 5.74) is 2.67. The molecular weight excluding hydrogens is 230 g/mol. The van der Waals surface area contributed by atoms with E-state index in [1.54, 1.807) is 11.3 Å². The molecule has 2 aromatic heterocycles. The van der Waals surface area contributed by atoms with Crippen LogP contribution in [0.15, 0.2) is 29.2 Å². The first-order valence-electron chi connectivity index (χ1n) is 6.02. The van der Waals surface area contributed by atoms with E-state index in [-0.39, 0.29) is 0 Å². The largest absolute Gasteiger partial charge is 0.310 e. The van der Waals surface area contributed by atoms with Crippen LogP contribution in [0.4, 0.5) is 0 Å². The molecule has 1 unspecified atom stereocenters. The molecule has 1 N–H and O–H groups in total. The summed E-state index contributed by atoms with van der Waals surface area (Å²) in [6, 6.07) is 2.57. The molecule has 0 fully saturated rings. The van der Waals surface area contributed by atoms with Crippen molar-refractivity contribution in [3.8, 4) is 0 Å². The molecule has 2 rings (SSSR count). The van der Waals surface area contributed by atoms with Crippen molar-refractivity contribution in [3.05, 3.63) is 40.3 Å². The smallest absolute Gasteiger partial charge is 0.0537 e. The van der Waals surface area contributed by atoms with Crippen LogP contribution < -0.4 is 5.32 Å². The molecular formula is C13H19N3S. The molecule has 2 heterocycles. The Morgan fingerprint density at radius 3 is 3.00 bits per heavy atom. The topological polar surface area (TPSA) is 29.9 Å². The van der Waals surface area contributed by atoms with Gasteiger partial charge >= 0.3 is 0 Å². The number of rotatable bonds is 6. The van der Waals surface area contributed by atoms with Crippen molar-refractivity contribution < 1.29 is 0 Å². The summed E-state index contributed by atoms with van der Waals surface area (Å²) in [7, 11) is 1.96. The molecule has 0 aliphatic rings. The van der Waals surface area contributed by atoms with Gasteiger partial charge in [0.1, 0.15) is 0 Å². The lowest BCUT2D eigenvalue weighted by atomic mass is 10.0. The van der Waals surface area contributed by atoms with Crippen molar-refractivity contribution in [2.75, 3.05) is 6.54 Å². The van der Waals surface area contributed by atoms with Crippen LogP contribution in [0.1, 0.15) is 30.5 Å². The second-order valence-corrected chi connectivity index (χ2v) is 5.07. The molecule has 0 spiro atoms. The van der Waals surface area contributed by atoms with E-state index in [1.165, 1.54) is 11.1 Å². The minimum absolute atomic E-state index is 0.373. The minimum Gasteiger partial charge on any atom is -0.310 e. The molecule has 0 radical (unpaired) electrons. The first-order valence-corrected chi connectivity index (χ1v) is 6.97. The summed E-state index contributed by atoms with van der Waals surface area (Å²) in [6.45, 7) is 3.24. The van der Waals surface area contributed by atoms with Gasteiger partial charge in [0.15, 0.2) is 0 Å². The van der Waals surface area contributed by atoms with Crippen LogP contribution in [-0.4, -0.2) is 16.3 Å². The molecule has 0 aromatic carbocycles. The maximum Gasteiger partial charge on any atom is 0.0537 e. The number of aryl methyl sites for hydroxylation is 1. The number of aromatic nitrogens is 2. The quantitative estimate of drug-likeness (QED) is 0.853. The zero-order valence-corrected chi connectivity index (χ0v) is 11.2. The first kappa shape index (κ1) is 12.3. The highest BCUT2D eigenvalue weighted by molar-refractivity contribution is 7.07. The Bertz CT molecular complexity index is 433. The van der Waals surface area contributed by atoms with Crippen LogP contribution in [0, 0.1) is 0 Å². The Morgan fingerprint density at radius 2 is 2.41 bits per heavy atom. The number of hydrogen-bond acceptors (Lipinski definition) is 3. The maximum absolute atomic E-state index is 4.25. The van der Waals surface area contributed by atoms with Crippen molar-refractivity contribution >= 4 is 11.3 Å². The average Bonchev–Trinajstić information content (AvgIpc) is 2.95. The summed E-state index contributed by atoms with van der Waals surface area (Å²) in [6.07, 6.45) is 6.25. The normalized spacial score (nSPS) is 12.8. The van der Waals surface area contributed by atoms with Gasteiger partial charge in [-0.25, -0.2) is 0 Å². The number of nitrogens with one attached hydrogen (secondary N) is 1. The van der Waals surface area contributed by atoms with Crippen LogP contribution in [0.5, 0.6) is 0 Å². The van der Waals surface area contributed by atoms with E-state index >= 15 is 0 Å². The van der Waals surface area contributed by atoms with Crippen molar-refractivity contribution in [2.24, 2.45) is 7.05 Å². The monoisotopic (exact) mass is 249 g/mol. The molecule has 0 aliphatic heterocycles. The Labute approximate surface area is 106 Å². The van der Waals surface area contributed by atoms with E-state index in [2.05, 4.69) is 40.4 Å². The van der Waals surface area contributed by atoms with Gasteiger partial charge in [0.25, 0.3) is 0 Å². The number of thiophene rings is 1. The summed E-state index contributed by atoms with van der Waals surface area (Å²) < 4.78 is 1.86. The Hall–Kier alpha value is -1.13. The van der Waals surface area contributed by atoms with Crippen LogP contribution in [-0.2, 0) is 13.5 Å². The van der Waals surface area contributed by atoms with E-state index in [0.29, 0.717) is 6.04 Å². The van der Waals surface area contributed by atoms with Crippen LogP contribution in [0.3, 0.4) is 0 Å². The molecule has 4 heteroatoms. The van der Waals surface area contributed by atoms with Gasteiger partial charge in [-0.2, -0.15) is 16.4 Å². The molecule has 0 amide bonds. The Kier molecular flexibility index (Phi) is 4.34. The predicted octanol–water partition coefficient (Wildman–Crippen LogP) is 2.77. The van der Waals surface area contributed by atoms with Crippen LogP contribution in [0.2, 0.25) is 0 Å². The zero-order chi connectivity index (χ0) is 12.1. The molecule has 1 atom stereocenters. The first-order chi connectivity index (χ1) is 8.29. The highest BCUT2D eigenvalue weighted by Gasteiger charge is 2.13. The zero-order valence-electron chi connectivity index (χ0n) is 10.4. The lowest BCUT2D eigenvalue weighted by Gasteiger charge is -2.16. The summed E-state index contributed by atoms with van der Waals surface area (Å²) in [5, 5.41) is 12.2. The van der Waals surface area contributed by atoms with Crippen molar-refractivity contribution in [2.45, 2.75) is 25.8 Å².